The number of rotatable bonds is 3. The first-order chi connectivity index (χ1) is 6.77. The average Bonchev–Trinajstić information content (AvgIpc) is 2.75. The van der Waals surface area contributed by atoms with Gasteiger partial charge in [-0.05, 0) is 24.8 Å². The van der Waals surface area contributed by atoms with Gasteiger partial charge in [-0.15, -0.1) is 0 Å². The molecule has 78 valence electrons. The molecule has 2 nitrogen and oxygen atoms in total. The van der Waals surface area contributed by atoms with Crippen LogP contribution in [0.25, 0.3) is 0 Å². The zero-order valence-corrected chi connectivity index (χ0v) is 8.83. The van der Waals surface area contributed by atoms with E-state index >= 15 is 0 Å². The molecule has 2 rings (SSSR count). The van der Waals surface area contributed by atoms with E-state index in [2.05, 4.69) is 6.92 Å². The van der Waals surface area contributed by atoms with Crippen molar-refractivity contribution in [2.45, 2.75) is 45.1 Å². The van der Waals surface area contributed by atoms with Gasteiger partial charge in [0.15, 0.2) is 0 Å². The number of hydrogen-bond donors (Lipinski definition) is 1. The normalized spacial score (nSPS) is 20.1. The zero-order chi connectivity index (χ0) is 9.97. The lowest BCUT2D eigenvalue weighted by Crippen LogP contribution is -2.14. The summed E-state index contributed by atoms with van der Waals surface area (Å²) in [5.74, 6) is 0.847. The van der Waals surface area contributed by atoms with Crippen molar-refractivity contribution in [1.82, 2.24) is 0 Å². The fourth-order valence-corrected chi connectivity index (χ4v) is 2.48. The highest BCUT2D eigenvalue weighted by molar-refractivity contribution is 5.22. The summed E-state index contributed by atoms with van der Waals surface area (Å²) in [6.07, 6.45) is 10.2. The molecule has 2 heteroatoms. The van der Waals surface area contributed by atoms with E-state index in [0.29, 0.717) is 0 Å². The second-order valence-electron chi connectivity index (χ2n) is 4.50. The lowest BCUT2D eigenvalue weighted by Gasteiger charge is -2.15. The van der Waals surface area contributed by atoms with E-state index in [-0.39, 0.29) is 6.04 Å². The number of nitrogens with two attached hydrogens (primary N) is 1. The number of furan rings is 1. The molecule has 1 fully saturated rings. The number of aryl methyl sites for hydroxylation is 1. The van der Waals surface area contributed by atoms with Crippen LogP contribution in [0, 0.1) is 12.8 Å². The van der Waals surface area contributed by atoms with Gasteiger partial charge in [-0.25, -0.2) is 0 Å². The maximum Gasteiger partial charge on any atom is 0.0953 e. The van der Waals surface area contributed by atoms with Gasteiger partial charge in [0, 0.05) is 11.6 Å². The van der Waals surface area contributed by atoms with Crippen molar-refractivity contribution in [2.75, 3.05) is 0 Å². The largest absolute Gasteiger partial charge is 0.472 e. The van der Waals surface area contributed by atoms with Crippen LogP contribution in [0.5, 0.6) is 0 Å². The molecule has 2 N–H and O–H groups in total. The molecule has 1 unspecified atom stereocenters. The Bertz CT molecular complexity index is 286. The predicted octanol–water partition coefficient (Wildman–Crippen LogP) is 3.17. The van der Waals surface area contributed by atoms with Crippen LogP contribution in [0.4, 0.5) is 0 Å². The SMILES string of the molecule is Cc1cocc1C(N)CC1CCCC1. The highest BCUT2D eigenvalue weighted by Gasteiger charge is 2.20. The fraction of sp³-hybridized carbons (Fsp3) is 0.667. The molecule has 1 aliphatic rings. The molecule has 1 aliphatic carbocycles. The highest BCUT2D eigenvalue weighted by atomic mass is 16.3. The minimum atomic E-state index is 0.178. The van der Waals surface area contributed by atoms with Gasteiger partial charge < -0.3 is 10.2 Å². The summed E-state index contributed by atoms with van der Waals surface area (Å²) in [5.41, 5.74) is 8.54. The van der Waals surface area contributed by atoms with Gasteiger partial charge in [-0.3, -0.25) is 0 Å². The standard InChI is InChI=1S/C12H19NO/c1-9-7-14-8-11(9)12(13)6-10-4-2-3-5-10/h7-8,10,12H,2-6,13H2,1H3. The van der Waals surface area contributed by atoms with Crippen LogP contribution in [-0.4, -0.2) is 0 Å². The molecule has 0 aliphatic heterocycles. The third-order valence-corrected chi connectivity index (χ3v) is 3.36. The Balaban J connectivity index is 1.95. The molecule has 1 aromatic heterocycles. The Hall–Kier alpha value is -0.760. The third kappa shape index (κ3) is 2.01. The summed E-state index contributed by atoms with van der Waals surface area (Å²) in [5, 5.41) is 0. The highest BCUT2D eigenvalue weighted by Crippen LogP contribution is 2.32. The molecule has 0 spiro atoms. The number of hydrogen-bond acceptors (Lipinski definition) is 2. The minimum Gasteiger partial charge on any atom is -0.472 e. The summed E-state index contributed by atoms with van der Waals surface area (Å²) in [7, 11) is 0. The van der Waals surface area contributed by atoms with Crippen LogP contribution in [0.1, 0.15) is 49.3 Å². The van der Waals surface area contributed by atoms with Gasteiger partial charge in [0.05, 0.1) is 12.5 Å². The van der Waals surface area contributed by atoms with E-state index in [4.69, 9.17) is 10.2 Å². The predicted molar refractivity (Wildman–Crippen MR) is 56.9 cm³/mol. The molecule has 1 saturated carbocycles. The van der Waals surface area contributed by atoms with Gasteiger partial charge in [0.25, 0.3) is 0 Å². The second-order valence-corrected chi connectivity index (χ2v) is 4.50. The van der Waals surface area contributed by atoms with E-state index in [0.717, 1.165) is 12.3 Å². The summed E-state index contributed by atoms with van der Waals surface area (Å²) in [4.78, 5) is 0. The van der Waals surface area contributed by atoms with Crippen LogP contribution in [-0.2, 0) is 0 Å². The van der Waals surface area contributed by atoms with Crippen molar-refractivity contribution in [2.24, 2.45) is 11.7 Å². The molecule has 0 aromatic carbocycles. The van der Waals surface area contributed by atoms with Gasteiger partial charge in [-0.2, -0.15) is 0 Å². The zero-order valence-electron chi connectivity index (χ0n) is 8.83. The van der Waals surface area contributed by atoms with Crippen molar-refractivity contribution in [3.05, 3.63) is 23.7 Å². The van der Waals surface area contributed by atoms with Crippen molar-refractivity contribution >= 4 is 0 Å². The van der Waals surface area contributed by atoms with E-state index in [1.54, 1.807) is 12.5 Å². The van der Waals surface area contributed by atoms with Crippen molar-refractivity contribution in [3.63, 3.8) is 0 Å². The molecule has 0 amide bonds. The van der Waals surface area contributed by atoms with Crippen molar-refractivity contribution in [1.29, 1.82) is 0 Å². The van der Waals surface area contributed by atoms with E-state index in [1.165, 1.54) is 36.8 Å². The average molecular weight is 193 g/mol. The molecule has 0 radical (unpaired) electrons. The molecule has 1 atom stereocenters. The first-order valence-electron chi connectivity index (χ1n) is 5.55. The molecular weight excluding hydrogens is 174 g/mol. The molecule has 1 aromatic rings. The molecule has 0 saturated heterocycles. The van der Waals surface area contributed by atoms with Crippen molar-refractivity contribution in [3.8, 4) is 0 Å². The Kier molecular flexibility index (Phi) is 2.92. The first-order valence-corrected chi connectivity index (χ1v) is 5.55. The maximum absolute atomic E-state index is 6.16. The van der Waals surface area contributed by atoms with Crippen molar-refractivity contribution < 1.29 is 4.42 Å². The van der Waals surface area contributed by atoms with Gasteiger partial charge in [-0.1, -0.05) is 25.7 Å². The lowest BCUT2D eigenvalue weighted by molar-refractivity contribution is 0.447. The Labute approximate surface area is 85.5 Å². The van der Waals surface area contributed by atoms with Crippen LogP contribution in [0.15, 0.2) is 16.9 Å². The van der Waals surface area contributed by atoms with Crippen LogP contribution in [0.3, 0.4) is 0 Å². The third-order valence-electron chi connectivity index (χ3n) is 3.36. The summed E-state index contributed by atoms with van der Waals surface area (Å²) in [6.45, 7) is 2.06. The van der Waals surface area contributed by atoms with E-state index in [9.17, 15) is 0 Å². The molecule has 1 heterocycles. The van der Waals surface area contributed by atoms with Gasteiger partial charge in [0.1, 0.15) is 0 Å². The fourth-order valence-electron chi connectivity index (χ4n) is 2.48. The minimum absolute atomic E-state index is 0.178. The molecular formula is C12H19NO. The topological polar surface area (TPSA) is 39.2 Å². The van der Waals surface area contributed by atoms with E-state index < -0.39 is 0 Å². The van der Waals surface area contributed by atoms with Crippen LogP contribution >= 0.6 is 0 Å². The monoisotopic (exact) mass is 193 g/mol. The van der Waals surface area contributed by atoms with E-state index in [1.807, 2.05) is 0 Å². The summed E-state index contributed by atoms with van der Waals surface area (Å²) < 4.78 is 5.15. The summed E-state index contributed by atoms with van der Waals surface area (Å²) >= 11 is 0. The lowest BCUT2D eigenvalue weighted by atomic mass is 9.94. The Morgan fingerprint density at radius 2 is 2.14 bits per heavy atom. The maximum atomic E-state index is 6.16. The van der Waals surface area contributed by atoms with Crippen LogP contribution in [0.2, 0.25) is 0 Å². The Morgan fingerprint density at radius 3 is 2.71 bits per heavy atom. The molecule has 14 heavy (non-hydrogen) atoms. The molecule has 0 bridgehead atoms. The van der Waals surface area contributed by atoms with Gasteiger partial charge >= 0.3 is 0 Å². The summed E-state index contributed by atoms with van der Waals surface area (Å²) in [6, 6.07) is 0.178. The van der Waals surface area contributed by atoms with Gasteiger partial charge in [0.2, 0.25) is 0 Å². The van der Waals surface area contributed by atoms with Crippen LogP contribution < -0.4 is 5.73 Å². The first kappa shape index (κ1) is 9.78. The quantitative estimate of drug-likeness (QED) is 0.800. The smallest absolute Gasteiger partial charge is 0.0953 e. The second kappa shape index (κ2) is 4.18. The Morgan fingerprint density at radius 1 is 1.43 bits per heavy atom.